The van der Waals surface area contributed by atoms with Crippen LogP contribution in [-0.2, 0) is 19.4 Å². The first-order valence-electron chi connectivity index (χ1n) is 7.28. The summed E-state index contributed by atoms with van der Waals surface area (Å²) in [7, 11) is 0. The lowest BCUT2D eigenvalue weighted by atomic mass is 10.1. The molecule has 0 saturated carbocycles. The summed E-state index contributed by atoms with van der Waals surface area (Å²) in [6.07, 6.45) is 1.26. The predicted octanol–water partition coefficient (Wildman–Crippen LogP) is 4.13. The van der Waals surface area contributed by atoms with Crippen LogP contribution in [0.4, 0.5) is 0 Å². The van der Waals surface area contributed by atoms with Crippen molar-refractivity contribution < 1.29 is 4.42 Å². The maximum absolute atomic E-state index is 5.88. The van der Waals surface area contributed by atoms with Gasteiger partial charge in [0.15, 0.2) is 0 Å². The zero-order valence-electron chi connectivity index (χ0n) is 12.9. The molecule has 5 nitrogen and oxygen atoms in total. The Morgan fingerprint density at radius 3 is 2.48 bits per heavy atom. The molecule has 3 aromatic rings. The van der Waals surface area contributed by atoms with Crippen LogP contribution in [0.5, 0.6) is 0 Å². The summed E-state index contributed by atoms with van der Waals surface area (Å²) in [5.74, 6) is 1.23. The van der Waals surface area contributed by atoms with E-state index in [0.717, 1.165) is 26.4 Å². The SMILES string of the molecule is Cc1nn(CCc2nnc(Cc3ccc(Cl)cc3)o2)c(C)c1Br. The van der Waals surface area contributed by atoms with Gasteiger partial charge in [-0.25, -0.2) is 0 Å². The Balaban J connectivity index is 1.63. The first-order valence-corrected chi connectivity index (χ1v) is 8.45. The highest BCUT2D eigenvalue weighted by atomic mass is 79.9. The highest BCUT2D eigenvalue weighted by Gasteiger charge is 2.11. The summed E-state index contributed by atoms with van der Waals surface area (Å²) >= 11 is 9.41. The molecule has 23 heavy (non-hydrogen) atoms. The fraction of sp³-hybridized carbons (Fsp3) is 0.312. The van der Waals surface area contributed by atoms with Gasteiger partial charge in [-0.05, 0) is 47.5 Å². The van der Waals surface area contributed by atoms with Crippen LogP contribution in [0.2, 0.25) is 5.02 Å². The zero-order valence-corrected chi connectivity index (χ0v) is 15.2. The minimum absolute atomic E-state index is 0.607. The van der Waals surface area contributed by atoms with Gasteiger partial charge in [0.25, 0.3) is 0 Å². The van der Waals surface area contributed by atoms with E-state index in [1.54, 1.807) is 0 Å². The molecule has 0 aliphatic heterocycles. The van der Waals surface area contributed by atoms with Crippen molar-refractivity contribution in [3.8, 4) is 0 Å². The summed E-state index contributed by atoms with van der Waals surface area (Å²) in [5, 5.41) is 13.4. The Labute approximate surface area is 147 Å². The van der Waals surface area contributed by atoms with Crippen LogP contribution in [0.1, 0.15) is 28.7 Å². The lowest BCUT2D eigenvalue weighted by molar-refractivity contribution is 0.437. The van der Waals surface area contributed by atoms with Crippen LogP contribution in [0.25, 0.3) is 0 Å². The van der Waals surface area contributed by atoms with Crippen LogP contribution in [0.15, 0.2) is 33.2 Å². The molecule has 3 rings (SSSR count). The summed E-state index contributed by atoms with van der Waals surface area (Å²) in [5.41, 5.74) is 3.17. The van der Waals surface area contributed by atoms with E-state index < -0.39 is 0 Å². The number of rotatable bonds is 5. The maximum atomic E-state index is 5.88. The van der Waals surface area contributed by atoms with Crippen LogP contribution < -0.4 is 0 Å². The summed E-state index contributed by atoms with van der Waals surface area (Å²) in [6.45, 7) is 4.72. The second-order valence-electron chi connectivity index (χ2n) is 5.35. The van der Waals surface area contributed by atoms with Crippen molar-refractivity contribution in [3.63, 3.8) is 0 Å². The second kappa shape index (κ2) is 6.84. The number of aryl methyl sites for hydroxylation is 3. The minimum atomic E-state index is 0.607. The van der Waals surface area contributed by atoms with Gasteiger partial charge in [0, 0.05) is 23.7 Å². The normalized spacial score (nSPS) is 11.1. The van der Waals surface area contributed by atoms with Crippen molar-refractivity contribution in [1.29, 1.82) is 0 Å². The fourth-order valence-corrected chi connectivity index (χ4v) is 2.74. The molecule has 0 aliphatic rings. The minimum Gasteiger partial charge on any atom is -0.425 e. The van der Waals surface area contributed by atoms with Crippen LogP contribution in [0, 0.1) is 13.8 Å². The molecule has 0 bridgehead atoms. The van der Waals surface area contributed by atoms with Crippen molar-refractivity contribution in [3.05, 3.63) is 62.5 Å². The monoisotopic (exact) mass is 394 g/mol. The van der Waals surface area contributed by atoms with E-state index >= 15 is 0 Å². The quantitative estimate of drug-likeness (QED) is 0.652. The topological polar surface area (TPSA) is 56.7 Å². The molecule has 2 heterocycles. The molecular weight excluding hydrogens is 380 g/mol. The molecular formula is C16H16BrClN4O. The zero-order chi connectivity index (χ0) is 16.4. The van der Waals surface area contributed by atoms with E-state index in [4.69, 9.17) is 16.0 Å². The lowest BCUT2D eigenvalue weighted by Gasteiger charge is -2.01. The van der Waals surface area contributed by atoms with Gasteiger partial charge in [-0.2, -0.15) is 5.10 Å². The van der Waals surface area contributed by atoms with Gasteiger partial charge in [0.2, 0.25) is 11.8 Å². The third-order valence-corrected chi connectivity index (χ3v) is 5.01. The van der Waals surface area contributed by atoms with Gasteiger partial charge in [0.1, 0.15) is 0 Å². The molecule has 0 fully saturated rings. The van der Waals surface area contributed by atoms with Gasteiger partial charge in [-0.3, -0.25) is 4.68 Å². The summed E-state index contributed by atoms with van der Waals surface area (Å²) in [4.78, 5) is 0. The van der Waals surface area contributed by atoms with E-state index in [9.17, 15) is 0 Å². The highest BCUT2D eigenvalue weighted by molar-refractivity contribution is 9.10. The Kier molecular flexibility index (Phi) is 4.82. The van der Waals surface area contributed by atoms with Crippen molar-refractivity contribution >= 4 is 27.5 Å². The number of hydrogen-bond donors (Lipinski definition) is 0. The molecule has 0 atom stereocenters. The van der Waals surface area contributed by atoms with Crippen molar-refractivity contribution in [2.24, 2.45) is 0 Å². The summed E-state index contributed by atoms with van der Waals surface area (Å²) < 4.78 is 8.70. The molecule has 1 aromatic carbocycles. The molecule has 0 N–H and O–H groups in total. The molecule has 0 saturated heterocycles. The largest absolute Gasteiger partial charge is 0.425 e. The van der Waals surface area contributed by atoms with Crippen molar-refractivity contribution in [1.82, 2.24) is 20.0 Å². The van der Waals surface area contributed by atoms with E-state index in [1.165, 1.54) is 0 Å². The van der Waals surface area contributed by atoms with E-state index in [0.29, 0.717) is 31.2 Å². The number of hydrogen-bond acceptors (Lipinski definition) is 4. The summed E-state index contributed by atoms with van der Waals surface area (Å²) in [6, 6.07) is 7.63. The highest BCUT2D eigenvalue weighted by Crippen LogP contribution is 2.20. The molecule has 0 spiro atoms. The molecule has 0 aliphatic carbocycles. The van der Waals surface area contributed by atoms with E-state index in [2.05, 4.69) is 31.2 Å². The van der Waals surface area contributed by atoms with Crippen molar-refractivity contribution in [2.45, 2.75) is 33.2 Å². The first kappa shape index (κ1) is 16.2. The Morgan fingerprint density at radius 1 is 1.13 bits per heavy atom. The van der Waals surface area contributed by atoms with Crippen LogP contribution in [-0.4, -0.2) is 20.0 Å². The van der Waals surface area contributed by atoms with Gasteiger partial charge >= 0.3 is 0 Å². The average molecular weight is 396 g/mol. The van der Waals surface area contributed by atoms with Gasteiger partial charge in [0.05, 0.1) is 16.6 Å². The van der Waals surface area contributed by atoms with Gasteiger partial charge in [-0.15, -0.1) is 10.2 Å². The van der Waals surface area contributed by atoms with Crippen LogP contribution >= 0.6 is 27.5 Å². The van der Waals surface area contributed by atoms with Crippen molar-refractivity contribution in [2.75, 3.05) is 0 Å². The molecule has 7 heteroatoms. The number of aromatic nitrogens is 4. The molecule has 0 radical (unpaired) electrons. The standard InChI is InChI=1S/C16H16BrClN4O/c1-10-16(17)11(2)22(21-10)8-7-14-19-20-15(23-14)9-12-3-5-13(18)6-4-12/h3-6H,7-9H2,1-2H3. The lowest BCUT2D eigenvalue weighted by Crippen LogP contribution is -2.05. The van der Waals surface area contributed by atoms with E-state index in [-0.39, 0.29) is 0 Å². The first-order chi connectivity index (χ1) is 11.0. The Hall–Kier alpha value is -1.66. The van der Waals surface area contributed by atoms with Gasteiger partial charge in [-0.1, -0.05) is 23.7 Å². The third-order valence-electron chi connectivity index (χ3n) is 3.61. The fourth-order valence-electron chi connectivity index (χ4n) is 2.33. The number of halogens is 2. The molecule has 0 unspecified atom stereocenters. The second-order valence-corrected chi connectivity index (χ2v) is 6.58. The Bertz CT molecular complexity index is 810. The van der Waals surface area contributed by atoms with E-state index in [1.807, 2.05) is 42.8 Å². The maximum Gasteiger partial charge on any atom is 0.220 e. The average Bonchev–Trinajstić information content (AvgIpc) is 3.08. The molecule has 2 aromatic heterocycles. The molecule has 120 valence electrons. The predicted molar refractivity (Wildman–Crippen MR) is 91.7 cm³/mol. The van der Waals surface area contributed by atoms with Gasteiger partial charge < -0.3 is 4.42 Å². The smallest absolute Gasteiger partial charge is 0.220 e. The number of nitrogens with zero attached hydrogens (tertiary/aromatic N) is 4. The third kappa shape index (κ3) is 3.82. The number of benzene rings is 1. The van der Waals surface area contributed by atoms with Crippen LogP contribution in [0.3, 0.4) is 0 Å². The Morgan fingerprint density at radius 2 is 1.83 bits per heavy atom. The molecule has 0 amide bonds.